The van der Waals surface area contributed by atoms with E-state index in [9.17, 15) is 4.79 Å². The molecule has 1 saturated heterocycles. The number of aryl methyl sites for hydroxylation is 1. The van der Waals surface area contributed by atoms with E-state index in [0.29, 0.717) is 19.5 Å². The summed E-state index contributed by atoms with van der Waals surface area (Å²) in [7, 11) is 3.46. The average molecular weight is 409 g/mol. The van der Waals surface area contributed by atoms with E-state index in [2.05, 4.69) is 53.7 Å². The van der Waals surface area contributed by atoms with Gasteiger partial charge in [0.05, 0.1) is 13.2 Å². The maximum absolute atomic E-state index is 11.9. The topological polar surface area (TPSA) is 66.0 Å². The Bertz CT molecular complexity index is 910. The molecular weight excluding hydrogens is 376 g/mol. The van der Waals surface area contributed by atoms with Crippen LogP contribution in [0.3, 0.4) is 0 Å². The lowest BCUT2D eigenvalue weighted by Gasteiger charge is -2.21. The highest BCUT2D eigenvalue weighted by atomic mass is 16.5. The second-order valence-electron chi connectivity index (χ2n) is 7.78. The third-order valence-electron chi connectivity index (χ3n) is 5.42. The molecule has 2 N–H and O–H groups in total. The summed E-state index contributed by atoms with van der Waals surface area (Å²) in [6, 6.07) is 14.6. The molecule has 1 aliphatic rings. The van der Waals surface area contributed by atoms with Crippen molar-refractivity contribution in [3.63, 3.8) is 0 Å². The highest BCUT2D eigenvalue weighted by molar-refractivity contribution is 5.80. The first-order valence-corrected chi connectivity index (χ1v) is 10.5. The van der Waals surface area contributed by atoms with E-state index in [1.54, 1.807) is 14.2 Å². The molecule has 1 fully saturated rings. The van der Waals surface area contributed by atoms with Gasteiger partial charge in [-0.25, -0.2) is 0 Å². The molecular formula is C24H32N4O2. The van der Waals surface area contributed by atoms with Crippen molar-refractivity contribution in [3.8, 4) is 5.75 Å². The molecule has 1 amide bonds. The van der Waals surface area contributed by atoms with E-state index in [-0.39, 0.29) is 11.9 Å². The van der Waals surface area contributed by atoms with E-state index in [1.807, 2.05) is 23.1 Å². The first-order chi connectivity index (χ1) is 14.5. The fraction of sp³-hybridized carbons (Fsp3) is 0.417. The Morgan fingerprint density at radius 3 is 2.73 bits per heavy atom. The maximum Gasteiger partial charge on any atom is 0.222 e. The first kappa shape index (κ1) is 21.7. The highest BCUT2D eigenvalue weighted by Gasteiger charge is 2.20. The molecule has 2 aromatic rings. The van der Waals surface area contributed by atoms with Crippen molar-refractivity contribution in [1.82, 2.24) is 15.5 Å². The minimum Gasteiger partial charge on any atom is -0.496 e. The summed E-state index contributed by atoms with van der Waals surface area (Å²) in [5.74, 6) is 1.84. The summed E-state index contributed by atoms with van der Waals surface area (Å²) in [6.45, 7) is 6.37. The number of hydrogen-bond acceptors (Lipinski definition) is 3. The number of amides is 1. The number of likely N-dealkylation sites (tertiary alicyclic amines) is 1. The molecule has 6 nitrogen and oxygen atoms in total. The zero-order valence-corrected chi connectivity index (χ0v) is 18.4. The molecule has 30 heavy (non-hydrogen) atoms. The van der Waals surface area contributed by atoms with E-state index < -0.39 is 0 Å². The van der Waals surface area contributed by atoms with Crippen LogP contribution in [0.1, 0.15) is 48.1 Å². The van der Waals surface area contributed by atoms with Crippen LogP contribution in [0.25, 0.3) is 0 Å². The number of guanidine groups is 1. The van der Waals surface area contributed by atoms with Crippen LogP contribution < -0.4 is 15.4 Å². The Morgan fingerprint density at radius 1 is 1.23 bits per heavy atom. The quantitative estimate of drug-likeness (QED) is 0.543. The Labute approximate surface area is 179 Å². The fourth-order valence-corrected chi connectivity index (χ4v) is 3.78. The molecule has 0 saturated carbocycles. The van der Waals surface area contributed by atoms with Crippen molar-refractivity contribution in [2.75, 3.05) is 20.7 Å². The first-order valence-electron chi connectivity index (χ1n) is 10.5. The normalized spacial score (nSPS) is 15.3. The predicted molar refractivity (Wildman–Crippen MR) is 121 cm³/mol. The van der Waals surface area contributed by atoms with Gasteiger partial charge in [-0.2, -0.15) is 0 Å². The molecule has 1 heterocycles. The molecule has 1 atom stereocenters. The Kier molecular flexibility index (Phi) is 7.33. The Balaban J connectivity index is 1.60. The number of aliphatic imine (C=N–C) groups is 1. The number of ether oxygens (including phenoxy) is 1. The average Bonchev–Trinajstić information content (AvgIpc) is 3.15. The highest BCUT2D eigenvalue weighted by Crippen LogP contribution is 2.26. The van der Waals surface area contributed by atoms with Crippen LogP contribution in [0, 0.1) is 6.92 Å². The minimum absolute atomic E-state index is 0.0403. The van der Waals surface area contributed by atoms with Crippen molar-refractivity contribution in [2.45, 2.75) is 45.8 Å². The monoisotopic (exact) mass is 408 g/mol. The molecule has 1 aliphatic heterocycles. The molecule has 160 valence electrons. The summed E-state index contributed by atoms with van der Waals surface area (Å²) in [4.78, 5) is 18.2. The van der Waals surface area contributed by atoms with Crippen LogP contribution in [-0.2, 0) is 17.9 Å². The number of nitrogens with one attached hydrogen (secondary N) is 2. The van der Waals surface area contributed by atoms with E-state index in [4.69, 9.17) is 4.74 Å². The third kappa shape index (κ3) is 5.53. The molecule has 0 aromatic heterocycles. The van der Waals surface area contributed by atoms with Crippen LogP contribution in [0.15, 0.2) is 47.5 Å². The molecule has 0 radical (unpaired) electrons. The van der Waals surface area contributed by atoms with E-state index >= 15 is 0 Å². The van der Waals surface area contributed by atoms with Crippen molar-refractivity contribution in [1.29, 1.82) is 0 Å². The van der Waals surface area contributed by atoms with Crippen LogP contribution in [0.2, 0.25) is 0 Å². The third-order valence-corrected chi connectivity index (χ3v) is 5.42. The molecule has 0 aliphatic carbocycles. The van der Waals surface area contributed by atoms with Gasteiger partial charge >= 0.3 is 0 Å². The van der Waals surface area contributed by atoms with Gasteiger partial charge in [-0.05, 0) is 37.5 Å². The van der Waals surface area contributed by atoms with Gasteiger partial charge in [-0.1, -0.05) is 42.0 Å². The lowest BCUT2D eigenvalue weighted by atomic mass is 10.0. The molecule has 1 unspecified atom stereocenters. The van der Waals surface area contributed by atoms with Gasteiger partial charge in [0.2, 0.25) is 5.91 Å². The van der Waals surface area contributed by atoms with E-state index in [0.717, 1.165) is 41.4 Å². The van der Waals surface area contributed by atoms with Gasteiger partial charge in [0.1, 0.15) is 5.75 Å². The minimum atomic E-state index is 0.0403. The summed E-state index contributed by atoms with van der Waals surface area (Å²) >= 11 is 0. The number of carbonyl (C=O) groups excluding carboxylic acids is 1. The van der Waals surface area contributed by atoms with Crippen LogP contribution >= 0.6 is 0 Å². The number of benzene rings is 2. The lowest BCUT2D eigenvalue weighted by molar-refractivity contribution is -0.128. The SMILES string of the molecule is CN=C(NCc1cccc(CN2CCCC2=O)c1)NC(C)c1cc(C)ccc1OC. The summed E-state index contributed by atoms with van der Waals surface area (Å²) in [6.07, 6.45) is 1.64. The number of methoxy groups -OCH3 is 1. The van der Waals surface area contributed by atoms with Crippen molar-refractivity contribution >= 4 is 11.9 Å². The van der Waals surface area contributed by atoms with Gasteiger partial charge in [-0.3, -0.25) is 9.79 Å². The summed E-state index contributed by atoms with van der Waals surface area (Å²) < 4.78 is 5.51. The van der Waals surface area contributed by atoms with Crippen LogP contribution in [-0.4, -0.2) is 37.5 Å². The van der Waals surface area contributed by atoms with Gasteiger partial charge in [0.25, 0.3) is 0 Å². The predicted octanol–water partition coefficient (Wildman–Crippen LogP) is 3.55. The van der Waals surface area contributed by atoms with E-state index in [1.165, 1.54) is 5.56 Å². The molecule has 3 rings (SSSR count). The Hall–Kier alpha value is -3.02. The molecule has 0 spiro atoms. The van der Waals surface area contributed by atoms with Crippen molar-refractivity contribution in [3.05, 3.63) is 64.7 Å². The van der Waals surface area contributed by atoms with Crippen molar-refractivity contribution < 1.29 is 9.53 Å². The number of rotatable bonds is 7. The smallest absolute Gasteiger partial charge is 0.222 e. The Morgan fingerprint density at radius 2 is 2.03 bits per heavy atom. The zero-order valence-electron chi connectivity index (χ0n) is 18.4. The molecule has 6 heteroatoms. The van der Waals surface area contributed by atoms with Crippen LogP contribution in [0.5, 0.6) is 5.75 Å². The largest absolute Gasteiger partial charge is 0.496 e. The standard InChI is InChI=1S/C24H32N4O2/c1-17-10-11-22(30-4)21(13-17)18(2)27-24(25-3)26-15-19-7-5-8-20(14-19)16-28-12-6-9-23(28)29/h5,7-8,10-11,13-14,18H,6,9,12,15-16H2,1-4H3,(H2,25,26,27). The number of nitrogens with zero attached hydrogens (tertiary/aromatic N) is 2. The summed E-state index contributed by atoms with van der Waals surface area (Å²) in [5.41, 5.74) is 4.60. The zero-order chi connectivity index (χ0) is 21.5. The van der Waals surface area contributed by atoms with Gasteiger partial charge in [-0.15, -0.1) is 0 Å². The second kappa shape index (κ2) is 10.1. The number of hydrogen-bond donors (Lipinski definition) is 2. The van der Waals surface area contributed by atoms with Gasteiger partial charge < -0.3 is 20.3 Å². The number of carbonyl (C=O) groups is 1. The van der Waals surface area contributed by atoms with Crippen molar-refractivity contribution in [2.24, 2.45) is 4.99 Å². The molecule has 0 bridgehead atoms. The fourth-order valence-electron chi connectivity index (χ4n) is 3.78. The van der Waals surface area contributed by atoms with Crippen LogP contribution in [0.4, 0.5) is 0 Å². The van der Waals surface area contributed by atoms with Gasteiger partial charge in [0.15, 0.2) is 5.96 Å². The maximum atomic E-state index is 11.9. The lowest BCUT2D eigenvalue weighted by Crippen LogP contribution is -2.38. The van der Waals surface area contributed by atoms with Gasteiger partial charge in [0, 0.05) is 38.7 Å². The summed E-state index contributed by atoms with van der Waals surface area (Å²) in [5, 5.41) is 6.83. The second-order valence-corrected chi connectivity index (χ2v) is 7.78. The molecule has 2 aromatic carbocycles.